The fraction of sp³-hybridized carbons (Fsp3) is 0.565. The van der Waals surface area contributed by atoms with E-state index in [-0.39, 0.29) is 17.9 Å². The number of halogens is 1. The lowest BCUT2D eigenvalue weighted by molar-refractivity contribution is -0.139. The summed E-state index contributed by atoms with van der Waals surface area (Å²) in [6.45, 7) is 3.68. The van der Waals surface area contributed by atoms with Crippen LogP contribution in [0.1, 0.15) is 62.7 Å². The highest BCUT2D eigenvalue weighted by atomic mass is 35.5. The predicted molar refractivity (Wildman–Crippen MR) is 114 cm³/mol. The maximum absolute atomic E-state index is 12.5. The average molecular weight is 439 g/mol. The van der Waals surface area contributed by atoms with E-state index in [2.05, 4.69) is 6.92 Å². The molecule has 6 nitrogen and oxygen atoms in total. The molecule has 5 atom stereocenters. The number of hydrogen-bond acceptors (Lipinski definition) is 5. The van der Waals surface area contributed by atoms with E-state index in [1.165, 1.54) is 0 Å². The number of carboxylic acids is 1. The number of carboxylic acid groups (broad SMARTS) is 1. The minimum absolute atomic E-state index is 0.111. The molecule has 0 spiro atoms. The molecule has 0 heterocycles. The normalized spacial score (nSPS) is 26.2. The maximum atomic E-state index is 12.5. The van der Waals surface area contributed by atoms with Gasteiger partial charge >= 0.3 is 11.9 Å². The van der Waals surface area contributed by atoms with Gasteiger partial charge in [0.25, 0.3) is 0 Å². The van der Waals surface area contributed by atoms with Gasteiger partial charge in [0.2, 0.25) is 0 Å². The molecular weight excluding hydrogens is 408 g/mol. The third-order valence-corrected chi connectivity index (χ3v) is 6.22. The summed E-state index contributed by atoms with van der Waals surface area (Å²) in [5.74, 6) is -2.89. The highest BCUT2D eigenvalue weighted by Gasteiger charge is 2.45. The highest BCUT2D eigenvalue weighted by Crippen LogP contribution is 2.41. The van der Waals surface area contributed by atoms with E-state index in [9.17, 15) is 24.9 Å². The Kier molecular flexibility index (Phi) is 8.89. The summed E-state index contributed by atoms with van der Waals surface area (Å²) < 4.78 is 5.63. The van der Waals surface area contributed by atoms with E-state index in [4.69, 9.17) is 16.3 Å². The lowest BCUT2D eigenvalue weighted by Crippen LogP contribution is -2.29. The molecule has 30 heavy (non-hydrogen) atoms. The first-order chi connectivity index (χ1) is 14.2. The smallest absolute Gasteiger partial charge is 0.338 e. The van der Waals surface area contributed by atoms with Crippen molar-refractivity contribution in [2.45, 2.75) is 70.2 Å². The molecule has 1 aliphatic rings. The van der Waals surface area contributed by atoms with Crippen molar-refractivity contribution in [3.63, 3.8) is 0 Å². The van der Waals surface area contributed by atoms with E-state index in [1.54, 1.807) is 43.3 Å². The Morgan fingerprint density at radius 1 is 1.27 bits per heavy atom. The molecule has 7 heteroatoms. The summed E-state index contributed by atoms with van der Waals surface area (Å²) in [5, 5.41) is 30.7. The summed E-state index contributed by atoms with van der Waals surface area (Å²) in [5.41, 5.74) is -0.902. The fourth-order valence-corrected chi connectivity index (χ4v) is 4.14. The van der Waals surface area contributed by atoms with E-state index >= 15 is 0 Å². The van der Waals surface area contributed by atoms with Gasteiger partial charge in [-0.1, -0.05) is 62.1 Å². The molecule has 1 fully saturated rings. The molecule has 0 amide bonds. The Labute approximate surface area is 182 Å². The van der Waals surface area contributed by atoms with Crippen LogP contribution in [0, 0.1) is 11.8 Å². The summed E-state index contributed by atoms with van der Waals surface area (Å²) in [6.07, 6.45) is 2.92. The van der Waals surface area contributed by atoms with Gasteiger partial charge in [0.1, 0.15) is 6.10 Å². The van der Waals surface area contributed by atoms with Crippen LogP contribution in [0.15, 0.2) is 41.4 Å². The van der Waals surface area contributed by atoms with Crippen LogP contribution in [-0.2, 0) is 9.53 Å². The monoisotopic (exact) mass is 438 g/mol. The van der Waals surface area contributed by atoms with E-state index < -0.39 is 41.6 Å². The molecule has 0 saturated heterocycles. The number of aliphatic hydroxyl groups is 2. The first-order valence-electron chi connectivity index (χ1n) is 10.4. The van der Waals surface area contributed by atoms with Gasteiger partial charge in [-0.05, 0) is 25.5 Å². The standard InChI is InChI=1S/C23H31ClO6/c1-3-4-8-11-23(2,29)20(24)12-17-16(13-21(26)27)18(25)14-19(17)30-22(28)15-9-6-5-7-10-15/h5-7,9-10,12,16-19,25,29H,3-4,8,11,13-14H2,1-2H3,(H,26,27)/b20-12+/t16-,17-,18+,19-,23+/m1/s1. The van der Waals surface area contributed by atoms with Crippen LogP contribution in [0.3, 0.4) is 0 Å². The average Bonchev–Trinajstić information content (AvgIpc) is 2.96. The predicted octanol–water partition coefficient (Wildman–Crippen LogP) is 4.14. The van der Waals surface area contributed by atoms with Crippen LogP contribution < -0.4 is 0 Å². The number of aliphatic carboxylic acids is 1. The minimum atomic E-state index is -1.27. The molecule has 2 rings (SSSR count). The number of benzene rings is 1. The highest BCUT2D eigenvalue weighted by molar-refractivity contribution is 6.30. The third kappa shape index (κ3) is 6.56. The number of ether oxygens (including phenoxy) is 1. The van der Waals surface area contributed by atoms with Crippen molar-refractivity contribution in [1.82, 2.24) is 0 Å². The summed E-state index contributed by atoms with van der Waals surface area (Å²) in [7, 11) is 0. The topological polar surface area (TPSA) is 104 Å². The van der Waals surface area contributed by atoms with Crippen molar-refractivity contribution in [3.8, 4) is 0 Å². The zero-order valence-corrected chi connectivity index (χ0v) is 18.2. The number of hydrogen-bond donors (Lipinski definition) is 3. The molecule has 0 bridgehead atoms. The second-order valence-corrected chi connectivity index (χ2v) is 8.60. The molecule has 0 aliphatic heterocycles. The Bertz CT molecular complexity index is 745. The van der Waals surface area contributed by atoms with Gasteiger partial charge in [-0.3, -0.25) is 4.79 Å². The first-order valence-corrected chi connectivity index (χ1v) is 10.8. The molecule has 0 unspecified atom stereocenters. The molecule has 1 aromatic carbocycles. The van der Waals surface area contributed by atoms with Crippen molar-refractivity contribution in [1.29, 1.82) is 0 Å². The largest absolute Gasteiger partial charge is 0.481 e. The van der Waals surface area contributed by atoms with E-state index in [0.29, 0.717) is 12.0 Å². The van der Waals surface area contributed by atoms with Gasteiger partial charge in [-0.15, -0.1) is 0 Å². The minimum Gasteiger partial charge on any atom is -0.481 e. The van der Waals surface area contributed by atoms with Gasteiger partial charge in [0, 0.05) is 23.3 Å². The summed E-state index contributed by atoms with van der Waals surface area (Å²) in [6, 6.07) is 8.46. The lowest BCUT2D eigenvalue weighted by Gasteiger charge is -2.27. The van der Waals surface area contributed by atoms with Crippen molar-refractivity contribution < 1.29 is 29.6 Å². The van der Waals surface area contributed by atoms with Gasteiger partial charge in [0.05, 0.1) is 23.7 Å². The van der Waals surface area contributed by atoms with E-state index in [1.807, 2.05) is 0 Å². The van der Waals surface area contributed by atoms with Crippen LogP contribution in [0.2, 0.25) is 0 Å². The number of carbonyl (C=O) groups is 2. The Hall–Kier alpha value is -1.89. The van der Waals surface area contributed by atoms with Crippen molar-refractivity contribution in [3.05, 3.63) is 47.0 Å². The molecule has 0 radical (unpaired) electrons. The molecule has 1 aliphatic carbocycles. The van der Waals surface area contributed by atoms with Gasteiger partial charge < -0.3 is 20.1 Å². The molecule has 0 aromatic heterocycles. The summed E-state index contributed by atoms with van der Waals surface area (Å²) in [4.78, 5) is 23.8. The lowest BCUT2D eigenvalue weighted by atomic mass is 9.87. The zero-order chi connectivity index (χ0) is 22.3. The van der Waals surface area contributed by atoms with Crippen LogP contribution in [0.25, 0.3) is 0 Å². The van der Waals surface area contributed by atoms with Gasteiger partial charge in [-0.2, -0.15) is 0 Å². The Morgan fingerprint density at radius 3 is 2.53 bits per heavy atom. The number of rotatable bonds is 10. The summed E-state index contributed by atoms with van der Waals surface area (Å²) >= 11 is 6.44. The second kappa shape index (κ2) is 10.9. The number of carbonyl (C=O) groups excluding carboxylic acids is 1. The molecular formula is C23H31ClO6. The number of esters is 1. The SMILES string of the molecule is CCCCC[C@](C)(O)/C(Cl)=C\[C@@H]1[C@@H](CC(=O)O)[C@@H](O)C[C@H]1OC(=O)c1ccccc1. The first kappa shape index (κ1) is 24.4. The van der Waals surface area contributed by atoms with E-state index in [0.717, 1.165) is 19.3 Å². The van der Waals surface area contributed by atoms with Crippen LogP contribution >= 0.6 is 11.6 Å². The number of unbranched alkanes of at least 4 members (excludes halogenated alkanes) is 2. The van der Waals surface area contributed by atoms with Crippen LogP contribution in [0.4, 0.5) is 0 Å². The third-order valence-electron chi connectivity index (χ3n) is 5.69. The molecule has 1 aromatic rings. The molecule has 1 saturated carbocycles. The van der Waals surface area contributed by atoms with Gasteiger partial charge in [0.15, 0.2) is 0 Å². The molecule has 3 N–H and O–H groups in total. The van der Waals surface area contributed by atoms with Gasteiger partial charge in [-0.25, -0.2) is 4.79 Å². The van der Waals surface area contributed by atoms with Crippen LogP contribution in [0.5, 0.6) is 0 Å². The number of aliphatic hydroxyl groups excluding tert-OH is 1. The second-order valence-electron chi connectivity index (χ2n) is 8.20. The van der Waals surface area contributed by atoms with Crippen molar-refractivity contribution >= 4 is 23.5 Å². The maximum Gasteiger partial charge on any atom is 0.338 e. The fourth-order valence-electron chi connectivity index (χ4n) is 3.90. The Morgan fingerprint density at radius 2 is 1.93 bits per heavy atom. The van der Waals surface area contributed by atoms with Crippen molar-refractivity contribution in [2.24, 2.45) is 11.8 Å². The zero-order valence-electron chi connectivity index (χ0n) is 17.5. The quantitative estimate of drug-likeness (QED) is 0.374. The Balaban J connectivity index is 2.25. The van der Waals surface area contributed by atoms with Crippen LogP contribution in [-0.4, -0.2) is 45.1 Å². The van der Waals surface area contributed by atoms with Crippen molar-refractivity contribution in [2.75, 3.05) is 0 Å². The molecule has 166 valence electrons.